The zero-order valence-electron chi connectivity index (χ0n) is 19.2. The van der Waals surface area contributed by atoms with E-state index in [1.165, 1.54) is 47.7 Å². The molecular weight excluding hydrogens is 486 g/mol. The normalized spacial score (nSPS) is 27.4. The number of nitrogens with zero attached hydrogens (tertiary/aromatic N) is 1. The predicted molar refractivity (Wildman–Crippen MR) is 129 cm³/mol. The van der Waals surface area contributed by atoms with Gasteiger partial charge in [-0.15, -0.1) is 11.8 Å². The van der Waals surface area contributed by atoms with Crippen molar-refractivity contribution >= 4 is 52.5 Å². The average molecular weight is 520 g/mol. The summed E-state index contributed by atoms with van der Waals surface area (Å²) in [4.78, 5) is 38.7. The molecule has 0 aromatic heterocycles. The van der Waals surface area contributed by atoms with E-state index in [4.69, 9.17) is 9.47 Å². The molecule has 1 amide bonds. The molecule has 3 heterocycles. The van der Waals surface area contributed by atoms with E-state index >= 15 is 0 Å². The summed E-state index contributed by atoms with van der Waals surface area (Å²) < 4.78 is 22.6. The molecule has 0 spiro atoms. The molecule has 0 unspecified atom stereocenters. The zero-order valence-corrected chi connectivity index (χ0v) is 21.6. The summed E-state index contributed by atoms with van der Waals surface area (Å²) in [6.07, 6.45) is 6.58. The van der Waals surface area contributed by atoms with Crippen LogP contribution in [0, 0.1) is 5.92 Å². The first-order valence-electron chi connectivity index (χ1n) is 11.6. The smallest absolute Gasteiger partial charge is 0.359 e. The van der Waals surface area contributed by atoms with Gasteiger partial charge < -0.3 is 19.1 Å². The molecule has 8 nitrogen and oxygen atoms in total. The number of aliphatic hydroxyl groups excluding tert-OH is 1. The number of thioether (sulfide) groups is 2. The maximum Gasteiger partial charge on any atom is 0.359 e. The van der Waals surface area contributed by atoms with Crippen LogP contribution in [-0.4, -0.2) is 67.4 Å². The van der Waals surface area contributed by atoms with Crippen molar-refractivity contribution in [3.05, 3.63) is 9.93 Å². The molecule has 186 valence electrons. The lowest BCUT2D eigenvalue weighted by molar-refractivity contribution is -0.169. The first-order valence-corrected chi connectivity index (χ1v) is 14.8. The summed E-state index contributed by atoms with van der Waals surface area (Å²) in [7, 11) is 0. The van der Waals surface area contributed by atoms with Gasteiger partial charge in [-0.3, -0.25) is 14.5 Å². The lowest BCUT2D eigenvalue weighted by Gasteiger charge is -2.43. The number of hydrogen-bond acceptors (Lipinski definition) is 9. The molecule has 33 heavy (non-hydrogen) atoms. The number of rotatable bonds is 13. The number of β-lactam (4-membered cyclic amide) rings is 1. The van der Waals surface area contributed by atoms with Gasteiger partial charge in [0.05, 0.1) is 21.5 Å². The van der Waals surface area contributed by atoms with Crippen molar-refractivity contribution in [3.8, 4) is 0 Å². The van der Waals surface area contributed by atoms with Crippen LogP contribution in [0.15, 0.2) is 9.93 Å². The highest BCUT2D eigenvalue weighted by Crippen LogP contribution is 2.55. The van der Waals surface area contributed by atoms with E-state index in [9.17, 15) is 24.0 Å². The van der Waals surface area contributed by atoms with E-state index in [1.54, 1.807) is 6.92 Å². The zero-order chi connectivity index (χ0) is 24.0. The van der Waals surface area contributed by atoms with Crippen molar-refractivity contribution in [1.82, 2.24) is 4.90 Å². The van der Waals surface area contributed by atoms with E-state index in [2.05, 4.69) is 6.92 Å². The Morgan fingerprint density at radius 1 is 1.27 bits per heavy atom. The summed E-state index contributed by atoms with van der Waals surface area (Å²) in [6.45, 7) is 3.22. The number of amides is 1. The molecule has 2 saturated heterocycles. The summed E-state index contributed by atoms with van der Waals surface area (Å²) in [5, 5.41) is 9.70. The fourth-order valence-electron chi connectivity index (χ4n) is 4.04. The highest BCUT2D eigenvalue weighted by Gasteiger charge is 2.58. The molecule has 5 atom stereocenters. The fourth-order valence-corrected chi connectivity index (χ4v) is 9.29. The Kier molecular flexibility index (Phi) is 10.3. The van der Waals surface area contributed by atoms with Crippen LogP contribution in [0.2, 0.25) is 0 Å². The standard InChI is InChI=1S/C22H33NO7S3/c1-3-4-5-6-7-8-9-16(25)29-13-30-21(27)18-22(31-15-10-11-33(28)12-15)32-20-17(14(2)24)19(26)23(18)20/h14-15,17,20,24H,3-13H2,1-2H3/t14-,15+,17+,20-,33-/m1/s1. The van der Waals surface area contributed by atoms with Gasteiger partial charge in [-0.2, -0.15) is 0 Å². The monoisotopic (exact) mass is 519 g/mol. The van der Waals surface area contributed by atoms with Crippen LogP contribution in [-0.2, 0) is 35.0 Å². The number of unbranched alkanes of at least 4 members (excludes halogenated alkanes) is 5. The fraction of sp³-hybridized carbons (Fsp3) is 0.773. The number of carbonyl (C=O) groups is 3. The number of aliphatic hydroxyl groups is 1. The molecule has 3 aliphatic heterocycles. The maximum atomic E-state index is 12.8. The molecular formula is C22H33NO7S3. The molecule has 1 N–H and O–H groups in total. The lowest BCUT2D eigenvalue weighted by atomic mass is 9.92. The van der Waals surface area contributed by atoms with Gasteiger partial charge in [0.25, 0.3) is 0 Å². The molecule has 11 heteroatoms. The molecule has 2 fully saturated rings. The molecule has 0 radical (unpaired) electrons. The van der Waals surface area contributed by atoms with Crippen LogP contribution in [0.1, 0.15) is 65.2 Å². The average Bonchev–Trinajstić information content (AvgIpc) is 3.31. The van der Waals surface area contributed by atoms with Gasteiger partial charge in [-0.25, -0.2) is 4.79 Å². The highest BCUT2D eigenvalue weighted by atomic mass is 32.2. The van der Waals surface area contributed by atoms with Gasteiger partial charge in [-0.1, -0.05) is 62.0 Å². The Bertz CT molecular complexity index is 760. The van der Waals surface area contributed by atoms with Crippen molar-refractivity contribution in [2.24, 2.45) is 5.92 Å². The van der Waals surface area contributed by atoms with Crippen LogP contribution >= 0.6 is 23.5 Å². The van der Waals surface area contributed by atoms with Gasteiger partial charge in [0.2, 0.25) is 12.7 Å². The number of ether oxygens (including phenoxy) is 2. The SMILES string of the molecule is CCCCCCCCC(=O)OCOC(=O)C1=C(S[C@H]2CC[S@@+]([O-])C2)S[C@@H]2[C@@H]([C@@H](C)O)C(=O)N12. The quantitative estimate of drug-likeness (QED) is 0.129. The van der Waals surface area contributed by atoms with Gasteiger partial charge in [-0.05, 0) is 13.3 Å². The summed E-state index contributed by atoms with van der Waals surface area (Å²) in [6, 6.07) is 0. The van der Waals surface area contributed by atoms with Crippen molar-refractivity contribution < 1.29 is 33.5 Å². The number of carbonyl (C=O) groups excluding carboxylic acids is 3. The van der Waals surface area contributed by atoms with Gasteiger partial charge >= 0.3 is 11.9 Å². The number of fused-ring (bicyclic) bond motifs is 1. The van der Waals surface area contributed by atoms with Crippen LogP contribution in [0.5, 0.6) is 0 Å². The van der Waals surface area contributed by atoms with E-state index in [1.807, 2.05) is 0 Å². The first-order chi connectivity index (χ1) is 15.8. The molecule has 0 saturated carbocycles. The lowest BCUT2D eigenvalue weighted by Crippen LogP contribution is -2.60. The Morgan fingerprint density at radius 3 is 2.67 bits per heavy atom. The topological polar surface area (TPSA) is 116 Å². The third-order valence-electron chi connectivity index (χ3n) is 5.92. The van der Waals surface area contributed by atoms with Crippen molar-refractivity contribution in [2.75, 3.05) is 18.3 Å². The second kappa shape index (κ2) is 12.7. The molecule has 0 bridgehead atoms. The molecule has 0 aromatic carbocycles. The minimum Gasteiger partial charge on any atom is -0.616 e. The van der Waals surface area contributed by atoms with Crippen molar-refractivity contribution in [1.29, 1.82) is 0 Å². The van der Waals surface area contributed by atoms with E-state index in [0.29, 0.717) is 15.7 Å². The molecule has 0 aromatic rings. The largest absolute Gasteiger partial charge is 0.616 e. The molecule has 0 aliphatic carbocycles. The van der Waals surface area contributed by atoms with Crippen LogP contribution in [0.4, 0.5) is 0 Å². The number of hydrogen-bond donors (Lipinski definition) is 1. The molecule has 3 rings (SSSR count). The third-order valence-corrected chi connectivity index (χ3v) is 10.5. The molecule has 3 aliphatic rings. The third kappa shape index (κ3) is 6.84. The maximum absolute atomic E-state index is 12.8. The Morgan fingerprint density at radius 2 is 2.00 bits per heavy atom. The van der Waals surface area contributed by atoms with Gasteiger partial charge in [0, 0.05) is 12.8 Å². The predicted octanol–water partition coefficient (Wildman–Crippen LogP) is 3.12. The minimum absolute atomic E-state index is 0.102. The van der Waals surface area contributed by atoms with E-state index in [0.717, 1.165) is 25.7 Å². The van der Waals surface area contributed by atoms with Crippen LogP contribution < -0.4 is 0 Å². The Labute approximate surface area is 206 Å². The van der Waals surface area contributed by atoms with Gasteiger partial charge in [0.1, 0.15) is 16.9 Å². The summed E-state index contributed by atoms with van der Waals surface area (Å²) in [5.74, 6) is -0.860. The van der Waals surface area contributed by atoms with Crippen LogP contribution in [0.25, 0.3) is 0 Å². The first kappa shape index (κ1) is 26.7. The van der Waals surface area contributed by atoms with E-state index in [-0.39, 0.29) is 28.6 Å². The van der Waals surface area contributed by atoms with Crippen molar-refractivity contribution in [2.45, 2.75) is 81.9 Å². The van der Waals surface area contributed by atoms with Crippen LogP contribution in [0.3, 0.4) is 0 Å². The Hall–Kier alpha value is -0.880. The minimum atomic E-state index is -0.861. The summed E-state index contributed by atoms with van der Waals surface area (Å²) in [5.41, 5.74) is 0.140. The number of esters is 2. The van der Waals surface area contributed by atoms with Gasteiger partial charge in [0.15, 0.2) is 5.70 Å². The second-order valence-corrected chi connectivity index (χ2v) is 12.9. The van der Waals surface area contributed by atoms with Crippen molar-refractivity contribution in [3.63, 3.8) is 0 Å². The Balaban J connectivity index is 1.51. The highest BCUT2D eigenvalue weighted by molar-refractivity contribution is 8.23. The van der Waals surface area contributed by atoms with E-state index < -0.39 is 41.9 Å². The summed E-state index contributed by atoms with van der Waals surface area (Å²) >= 11 is 1.95. The second-order valence-electron chi connectivity index (χ2n) is 8.54.